The first-order chi connectivity index (χ1) is 12.4. The van der Waals surface area contributed by atoms with Crippen molar-refractivity contribution >= 4 is 5.69 Å². The van der Waals surface area contributed by atoms with Crippen molar-refractivity contribution in [1.29, 1.82) is 0 Å². The Bertz CT molecular complexity index is 829. The first-order valence-corrected chi connectivity index (χ1v) is 8.70. The molecule has 2 heterocycles. The maximum Gasteiger partial charge on any atom is 0.158 e. The van der Waals surface area contributed by atoms with Gasteiger partial charge in [-0.25, -0.2) is 0 Å². The predicted molar refractivity (Wildman–Crippen MR) is 99.4 cm³/mol. The molecule has 0 bridgehead atoms. The van der Waals surface area contributed by atoms with Gasteiger partial charge in [0.05, 0.1) is 18.9 Å². The Hall–Kier alpha value is -2.72. The zero-order valence-corrected chi connectivity index (χ0v) is 14.3. The van der Waals surface area contributed by atoms with Crippen molar-refractivity contribution in [1.82, 2.24) is 4.57 Å². The molecule has 4 rings (SSSR count). The highest BCUT2D eigenvalue weighted by molar-refractivity contribution is 5.50. The van der Waals surface area contributed by atoms with Crippen molar-refractivity contribution in [3.63, 3.8) is 0 Å². The van der Waals surface area contributed by atoms with Crippen LogP contribution in [0.2, 0.25) is 0 Å². The molecule has 1 unspecified atom stereocenters. The average molecular weight is 334 g/mol. The van der Waals surface area contributed by atoms with Gasteiger partial charge in [0.25, 0.3) is 0 Å². The molecular formula is C21H22N2O2. The van der Waals surface area contributed by atoms with E-state index in [9.17, 15) is 0 Å². The fourth-order valence-electron chi connectivity index (χ4n) is 3.29. The summed E-state index contributed by atoms with van der Waals surface area (Å²) in [6.45, 7) is 4.29. The van der Waals surface area contributed by atoms with Gasteiger partial charge in [-0.2, -0.15) is 0 Å². The molecule has 1 saturated heterocycles. The Morgan fingerprint density at radius 2 is 1.84 bits per heavy atom. The van der Waals surface area contributed by atoms with Crippen LogP contribution in [0.1, 0.15) is 18.7 Å². The Kier molecular flexibility index (Phi) is 4.44. The lowest BCUT2D eigenvalue weighted by Crippen LogP contribution is -2.22. The van der Waals surface area contributed by atoms with Gasteiger partial charge >= 0.3 is 0 Å². The van der Waals surface area contributed by atoms with Crippen LogP contribution in [-0.2, 0) is 4.74 Å². The summed E-state index contributed by atoms with van der Waals surface area (Å²) in [5.41, 5.74) is 3.37. The Morgan fingerprint density at radius 3 is 2.68 bits per heavy atom. The highest BCUT2D eigenvalue weighted by Crippen LogP contribution is 2.33. The molecule has 2 aromatic carbocycles. The summed E-state index contributed by atoms with van der Waals surface area (Å²) in [6, 6.07) is 20.6. The molecule has 0 saturated carbocycles. The van der Waals surface area contributed by atoms with E-state index in [1.165, 1.54) is 5.69 Å². The highest BCUT2D eigenvalue weighted by Gasteiger charge is 2.27. The minimum absolute atomic E-state index is 0.0529. The fourth-order valence-corrected chi connectivity index (χ4v) is 3.29. The van der Waals surface area contributed by atoms with Crippen molar-refractivity contribution in [3.05, 3.63) is 78.6 Å². The third kappa shape index (κ3) is 3.13. The predicted octanol–water partition coefficient (Wildman–Crippen LogP) is 4.41. The molecular weight excluding hydrogens is 312 g/mol. The smallest absolute Gasteiger partial charge is 0.158 e. The highest BCUT2D eigenvalue weighted by atomic mass is 16.5. The number of rotatable bonds is 5. The van der Waals surface area contributed by atoms with E-state index in [0.717, 1.165) is 30.2 Å². The number of ether oxygens (including phenoxy) is 2. The molecule has 0 aliphatic carbocycles. The maximum atomic E-state index is 6.01. The molecule has 4 heteroatoms. The van der Waals surface area contributed by atoms with Crippen molar-refractivity contribution in [2.45, 2.75) is 13.2 Å². The lowest BCUT2D eigenvalue weighted by atomic mass is 10.2. The molecule has 0 N–H and O–H groups in total. The van der Waals surface area contributed by atoms with Crippen molar-refractivity contribution in [3.8, 4) is 11.4 Å². The van der Waals surface area contributed by atoms with Gasteiger partial charge in [0, 0.05) is 30.2 Å². The molecule has 4 nitrogen and oxygen atoms in total. The third-order valence-corrected chi connectivity index (χ3v) is 4.42. The van der Waals surface area contributed by atoms with Crippen LogP contribution in [0.25, 0.3) is 5.69 Å². The van der Waals surface area contributed by atoms with Gasteiger partial charge in [-0.3, -0.25) is 0 Å². The van der Waals surface area contributed by atoms with E-state index in [0.29, 0.717) is 6.61 Å². The number of anilines is 1. The van der Waals surface area contributed by atoms with E-state index in [1.807, 2.05) is 31.2 Å². The molecule has 1 aliphatic rings. The van der Waals surface area contributed by atoms with Crippen molar-refractivity contribution in [2.75, 3.05) is 24.7 Å². The first-order valence-electron chi connectivity index (χ1n) is 8.70. The fraction of sp³-hybridized carbons (Fsp3) is 0.238. The minimum Gasteiger partial charge on any atom is -0.492 e. The van der Waals surface area contributed by atoms with Gasteiger partial charge in [0.1, 0.15) is 5.75 Å². The monoisotopic (exact) mass is 334 g/mol. The van der Waals surface area contributed by atoms with E-state index < -0.39 is 0 Å². The number of benzene rings is 2. The van der Waals surface area contributed by atoms with Crippen LogP contribution in [0.4, 0.5) is 5.69 Å². The van der Waals surface area contributed by atoms with Crippen LogP contribution in [0.15, 0.2) is 73.1 Å². The van der Waals surface area contributed by atoms with Gasteiger partial charge in [-0.15, -0.1) is 0 Å². The molecule has 0 amide bonds. The van der Waals surface area contributed by atoms with Crippen LogP contribution >= 0.6 is 0 Å². The minimum atomic E-state index is -0.0529. The second-order valence-electron chi connectivity index (χ2n) is 6.00. The Balaban J connectivity index is 1.63. The van der Waals surface area contributed by atoms with Gasteiger partial charge in [-0.05, 0) is 37.3 Å². The van der Waals surface area contributed by atoms with Gasteiger partial charge in [0.15, 0.2) is 6.23 Å². The molecule has 128 valence electrons. The van der Waals surface area contributed by atoms with Crippen LogP contribution in [0.5, 0.6) is 5.75 Å². The quantitative estimate of drug-likeness (QED) is 0.691. The summed E-state index contributed by atoms with van der Waals surface area (Å²) in [6.07, 6.45) is 4.14. The largest absolute Gasteiger partial charge is 0.492 e. The normalized spacial score (nSPS) is 17.0. The van der Waals surface area contributed by atoms with Gasteiger partial charge in [-0.1, -0.05) is 30.3 Å². The summed E-state index contributed by atoms with van der Waals surface area (Å²) >= 11 is 0. The molecule has 0 spiro atoms. The van der Waals surface area contributed by atoms with Crippen LogP contribution in [-0.4, -0.2) is 24.3 Å². The maximum absolute atomic E-state index is 6.01. The van der Waals surface area contributed by atoms with Crippen LogP contribution in [0.3, 0.4) is 0 Å². The molecule has 1 fully saturated rings. The van der Waals surface area contributed by atoms with Crippen molar-refractivity contribution in [2.24, 2.45) is 0 Å². The lowest BCUT2D eigenvalue weighted by Gasteiger charge is -2.24. The molecule has 0 radical (unpaired) electrons. The van der Waals surface area contributed by atoms with E-state index >= 15 is 0 Å². The summed E-state index contributed by atoms with van der Waals surface area (Å²) in [7, 11) is 0. The Labute approximate surface area is 148 Å². The first kappa shape index (κ1) is 15.8. The lowest BCUT2D eigenvalue weighted by molar-refractivity contribution is 0.114. The molecule has 1 aliphatic heterocycles. The van der Waals surface area contributed by atoms with Gasteiger partial charge in [0.2, 0.25) is 0 Å². The molecule has 25 heavy (non-hydrogen) atoms. The molecule has 3 aromatic rings. The molecule has 1 atom stereocenters. The average Bonchev–Trinajstić information content (AvgIpc) is 3.32. The van der Waals surface area contributed by atoms with Crippen LogP contribution < -0.4 is 9.64 Å². The zero-order valence-electron chi connectivity index (χ0n) is 14.3. The Morgan fingerprint density at radius 1 is 1.04 bits per heavy atom. The summed E-state index contributed by atoms with van der Waals surface area (Å²) in [5.74, 6) is 0.888. The topological polar surface area (TPSA) is 26.6 Å². The summed E-state index contributed by atoms with van der Waals surface area (Å²) < 4.78 is 13.9. The zero-order chi connectivity index (χ0) is 17.1. The van der Waals surface area contributed by atoms with Gasteiger partial charge < -0.3 is 18.9 Å². The van der Waals surface area contributed by atoms with E-state index in [1.54, 1.807) is 0 Å². The number of para-hydroxylation sites is 3. The summed E-state index contributed by atoms with van der Waals surface area (Å²) in [5, 5.41) is 0. The molecule has 1 aromatic heterocycles. The summed E-state index contributed by atoms with van der Waals surface area (Å²) in [4.78, 5) is 2.30. The number of hydrogen-bond acceptors (Lipinski definition) is 3. The SMILES string of the molecule is CCOc1ccccc1-n1ccc(C2OCCN2c2ccccc2)c1. The van der Waals surface area contributed by atoms with Crippen LogP contribution in [0, 0.1) is 0 Å². The number of hydrogen-bond donors (Lipinski definition) is 0. The second-order valence-corrected chi connectivity index (χ2v) is 6.00. The third-order valence-electron chi connectivity index (χ3n) is 4.42. The number of aromatic nitrogens is 1. The standard InChI is InChI=1S/C21H22N2O2/c1-2-24-20-11-7-6-10-19(20)22-13-12-17(16-22)21-23(14-15-25-21)18-8-4-3-5-9-18/h3-13,16,21H,2,14-15H2,1H3. The van der Waals surface area contributed by atoms with E-state index in [-0.39, 0.29) is 6.23 Å². The second kappa shape index (κ2) is 7.03. The number of nitrogens with zero attached hydrogens (tertiary/aromatic N) is 2. The van der Waals surface area contributed by atoms with Crippen molar-refractivity contribution < 1.29 is 9.47 Å². The van der Waals surface area contributed by atoms with E-state index in [2.05, 4.69) is 58.3 Å². The van der Waals surface area contributed by atoms with E-state index in [4.69, 9.17) is 9.47 Å².